The van der Waals surface area contributed by atoms with Gasteiger partial charge in [-0.25, -0.2) is 0 Å². The van der Waals surface area contributed by atoms with Crippen molar-refractivity contribution in [3.05, 3.63) is 39.5 Å². The Morgan fingerprint density at radius 3 is 2.39 bits per heavy atom. The van der Waals surface area contributed by atoms with Gasteiger partial charge in [0.05, 0.1) is 16.2 Å². The van der Waals surface area contributed by atoms with Crippen LogP contribution in [0.2, 0.25) is 0 Å². The van der Waals surface area contributed by atoms with Gasteiger partial charge in [-0.2, -0.15) is 10.2 Å². The minimum Gasteiger partial charge on any atom is -0.350 e. The maximum absolute atomic E-state index is 12.8. The van der Waals surface area contributed by atoms with Crippen LogP contribution < -0.4 is 5.32 Å². The van der Waals surface area contributed by atoms with E-state index in [1.165, 1.54) is 25.5 Å². The Hall–Kier alpha value is -2.71. The second kappa shape index (κ2) is 7.46. The lowest BCUT2D eigenvalue weighted by atomic mass is 9.53. The van der Waals surface area contributed by atoms with Gasteiger partial charge in [0, 0.05) is 18.8 Å². The van der Waals surface area contributed by atoms with Gasteiger partial charge in [0.2, 0.25) is 5.69 Å². The van der Waals surface area contributed by atoms with Crippen molar-refractivity contribution in [2.45, 2.75) is 70.9 Å². The van der Waals surface area contributed by atoms with Crippen LogP contribution in [0.1, 0.15) is 66.8 Å². The molecule has 9 heteroatoms. The maximum atomic E-state index is 12.8. The molecule has 1 amide bonds. The Morgan fingerprint density at radius 1 is 1.19 bits per heavy atom. The second-order valence-electron chi connectivity index (χ2n) is 9.97. The highest BCUT2D eigenvalue weighted by Gasteiger charge is 2.53. The lowest BCUT2D eigenvalue weighted by Gasteiger charge is -2.56. The van der Waals surface area contributed by atoms with Gasteiger partial charge in [-0.15, -0.1) is 0 Å². The average molecular weight is 427 g/mol. The number of carbonyl (C=O) groups excluding carboxylic acids is 1. The Labute approximate surface area is 181 Å². The Bertz CT molecular complexity index is 987. The lowest BCUT2D eigenvalue weighted by molar-refractivity contribution is -0.385. The zero-order valence-corrected chi connectivity index (χ0v) is 18.2. The first-order valence-electron chi connectivity index (χ1n) is 11.4. The topological polar surface area (TPSA) is 108 Å². The highest BCUT2D eigenvalue weighted by Crippen LogP contribution is 2.58. The van der Waals surface area contributed by atoms with Crippen LogP contribution in [0.5, 0.6) is 0 Å². The van der Waals surface area contributed by atoms with E-state index < -0.39 is 10.8 Å². The van der Waals surface area contributed by atoms with Gasteiger partial charge in [0.25, 0.3) is 5.91 Å². The van der Waals surface area contributed by atoms with Crippen LogP contribution in [0, 0.1) is 41.7 Å². The molecule has 4 fully saturated rings. The van der Waals surface area contributed by atoms with E-state index in [1.54, 1.807) is 4.68 Å². The van der Waals surface area contributed by atoms with E-state index in [-0.39, 0.29) is 16.9 Å². The SMILES string of the molecule is Cc1cc(C)n(CCCNC(=O)c2nn(C34CC5CC(CC(C5)C3)C4)cc2[N+](=O)[O-])n1. The largest absolute Gasteiger partial charge is 0.350 e. The summed E-state index contributed by atoms with van der Waals surface area (Å²) in [5.41, 5.74) is 1.65. The average Bonchev–Trinajstić information content (AvgIpc) is 3.28. The maximum Gasteiger partial charge on any atom is 0.320 e. The molecule has 0 unspecified atom stereocenters. The van der Waals surface area contributed by atoms with Crippen LogP contribution in [0.4, 0.5) is 5.69 Å². The van der Waals surface area contributed by atoms with Gasteiger partial charge in [-0.3, -0.25) is 24.3 Å². The van der Waals surface area contributed by atoms with Crippen LogP contribution in [0.15, 0.2) is 12.3 Å². The molecule has 0 saturated heterocycles. The van der Waals surface area contributed by atoms with Crippen molar-refractivity contribution in [2.24, 2.45) is 17.8 Å². The third kappa shape index (κ3) is 3.64. The normalized spacial score (nSPS) is 28.8. The summed E-state index contributed by atoms with van der Waals surface area (Å²) in [5, 5.41) is 23.4. The molecular weight excluding hydrogens is 396 g/mol. The fraction of sp³-hybridized carbons (Fsp3) is 0.682. The number of rotatable bonds is 7. The summed E-state index contributed by atoms with van der Waals surface area (Å²) < 4.78 is 3.70. The van der Waals surface area contributed by atoms with Crippen molar-refractivity contribution < 1.29 is 9.72 Å². The van der Waals surface area contributed by atoms with Crippen molar-refractivity contribution in [3.8, 4) is 0 Å². The first kappa shape index (κ1) is 20.2. The number of carbonyl (C=O) groups is 1. The molecular formula is C22H30N6O3. The van der Waals surface area contributed by atoms with Crippen LogP contribution in [0.3, 0.4) is 0 Å². The Kier molecular flexibility index (Phi) is 4.86. The molecule has 0 spiro atoms. The summed E-state index contributed by atoms with van der Waals surface area (Å²) in [6, 6.07) is 2.01. The fourth-order valence-electron chi connectivity index (χ4n) is 6.66. The highest BCUT2D eigenvalue weighted by molar-refractivity contribution is 5.96. The summed E-state index contributed by atoms with van der Waals surface area (Å²) in [7, 11) is 0. The summed E-state index contributed by atoms with van der Waals surface area (Å²) in [5.74, 6) is 1.62. The zero-order chi connectivity index (χ0) is 21.8. The number of aromatic nitrogens is 4. The molecule has 4 saturated carbocycles. The Morgan fingerprint density at radius 2 is 1.84 bits per heavy atom. The predicted octanol–water partition coefficient (Wildman–Crippen LogP) is 3.35. The molecule has 4 bridgehead atoms. The zero-order valence-electron chi connectivity index (χ0n) is 18.2. The first-order valence-corrected chi connectivity index (χ1v) is 11.4. The molecule has 0 atom stereocenters. The summed E-state index contributed by atoms with van der Waals surface area (Å²) in [4.78, 5) is 24.0. The van der Waals surface area contributed by atoms with E-state index in [0.29, 0.717) is 37.3 Å². The molecule has 2 aromatic rings. The van der Waals surface area contributed by atoms with E-state index in [0.717, 1.165) is 30.7 Å². The second-order valence-corrected chi connectivity index (χ2v) is 9.97. The van der Waals surface area contributed by atoms with Crippen LogP contribution >= 0.6 is 0 Å². The summed E-state index contributed by atoms with van der Waals surface area (Å²) in [6.45, 7) is 5.05. The highest BCUT2D eigenvalue weighted by atomic mass is 16.6. The molecule has 31 heavy (non-hydrogen) atoms. The van der Waals surface area contributed by atoms with E-state index >= 15 is 0 Å². The molecule has 0 radical (unpaired) electrons. The monoisotopic (exact) mass is 426 g/mol. The van der Waals surface area contributed by atoms with Gasteiger partial charge in [0.15, 0.2) is 0 Å². The van der Waals surface area contributed by atoms with Crippen molar-refractivity contribution >= 4 is 11.6 Å². The molecule has 0 aliphatic heterocycles. The number of amides is 1. The third-order valence-electron chi connectivity index (χ3n) is 7.53. The minimum atomic E-state index is -0.477. The number of nitro groups is 1. The van der Waals surface area contributed by atoms with Gasteiger partial charge in [-0.1, -0.05) is 0 Å². The van der Waals surface area contributed by atoms with E-state index in [2.05, 4.69) is 15.5 Å². The number of aryl methyl sites for hydroxylation is 3. The third-order valence-corrected chi connectivity index (χ3v) is 7.53. The van der Waals surface area contributed by atoms with Crippen molar-refractivity contribution in [1.29, 1.82) is 0 Å². The molecule has 2 heterocycles. The van der Waals surface area contributed by atoms with Crippen LogP contribution in [-0.2, 0) is 12.1 Å². The number of nitrogens with zero attached hydrogens (tertiary/aromatic N) is 5. The molecule has 9 nitrogen and oxygen atoms in total. The van der Waals surface area contributed by atoms with Crippen LogP contribution in [-0.4, -0.2) is 36.9 Å². The van der Waals surface area contributed by atoms with Crippen molar-refractivity contribution in [3.63, 3.8) is 0 Å². The molecule has 0 aromatic carbocycles. The summed E-state index contributed by atoms with van der Waals surface area (Å²) in [6.07, 6.45) is 9.14. The lowest BCUT2D eigenvalue weighted by Crippen LogP contribution is -2.52. The molecule has 4 aliphatic carbocycles. The van der Waals surface area contributed by atoms with Crippen molar-refractivity contribution in [1.82, 2.24) is 24.9 Å². The quantitative estimate of drug-likeness (QED) is 0.415. The van der Waals surface area contributed by atoms with Gasteiger partial charge >= 0.3 is 5.69 Å². The minimum absolute atomic E-state index is 0.0631. The van der Waals surface area contributed by atoms with Gasteiger partial charge in [-0.05, 0) is 82.6 Å². The van der Waals surface area contributed by atoms with E-state index in [1.807, 2.05) is 24.6 Å². The number of hydrogen-bond donors (Lipinski definition) is 1. The number of nitrogens with one attached hydrogen (secondary N) is 1. The molecule has 4 aliphatic rings. The molecule has 1 N–H and O–H groups in total. The molecule has 166 valence electrons. The van der Waals surface area contributed by atoms with Crippen molar-refractivity contribution in [2.75, 3.05) is 6.54 Å². The van der Waals surface area contributed by atoms with E-state index in [9.17, 15) is 14.9 Å². The predicted molar refractivity (Wildman–Crippen MR) is 114 cm³/mol. The van der Waals surface area contributed by atoms with Crippen LogP contribution in [0.25, 0.3) is 0 Å². The smallest absolute Gasteiger partial charge is 0.320 e. The number of hydrogen-bond acceptors (Lipinski definition) is 5. The van der Waals surface area contributed by atoms with Gasteiger partial charge in [0.1, 0.15) is 6.20 Å². The Balaban J connectivity index is 1.29. The standard InChI is InChI=1S/C22H30N6O3/c1-14-6-15(2)26(24-14)5-3-4-23-21(29)20-19(28(30)31)13-27(25-20)22-10-16-7-17(11-22)9-18(8-16)12-22/h6,13,16-18H,3-5,7-12H2,1-2H3,(H,23,29). The fourth-order valence-corrected chi connectivity index (χ4v) is 6.66. The van der Waals surface area contributed by atoms with Gasteiger partial charge < -0.3 is 5.32 Å². The molecule has 2 aromatic heterocycles. The summed E-state index contributed by atoms with van der Waals surface area (Å²) >= 11 is 0. The molecule has 6 rings (SSSR count). The van der Waals surface area contributed by atoms with E-state index in [4.69, 9.17) is 0 Å². The first-order chi connectivity index (χ1) is 14.8.